The van der Waals surface area contributed by atoms with E-state index in [1.807, 2.05) is 59.2 Å². The number of rotatable bonds is 8. The summed E-state index contributed by atoms with van der Waals surface area (Å²) in [5.74, 6) is 0. The summed E-state index contributed by atoms with van der Waals surface area (Å²) in [6.07, 6.45) is 2.86. The summed E-state index contributed by atoms with van der Waals surface area (Å²) in [5, 5.41) is 11.0. The van der Waals surface area contributed by atoms with Crippen LogP contribution >= 0.6 is 0 Å². The van der Waals surface area contributed by atoms with Gasteiger partial charge in [-0.3, -0.25) is 14.7 Å². The Labute approximate surface area is 203 Å². The van der Waals surface area contributed by atoms with Crippen molar-refractivity contribution >= 4 is 28.1 Å². The van der Waals surface area contributed by atoms with Crippen molar-refractivity contribution in [2.45, 2.75) is 25.3 Å². The topological polar surface area (TPSA) is 87.4 Å². The lowest BCUT2D eigenvalue weighted by molar-refractivity contribution is -0.384. The molecule has 0 radical (unpaired) electrons. The highest BCUT2D eigenvalue weighted by molar-refractivity contribution is 5.75. The number of hydrogen-bond donors (Lipinski definition) is 1. The monoisotopic (exact) mass is 471 g/mol. The number of fused-ring (bicyclic) bond motifs is 1. The molecule has 8 heteroatoms. The van der Waals surface area contributed by atoms with Gasteiger partial charge >= 0.3 is 5.69 Å². The second-order valence-electron chi connectivity index (χ2n) is 9.00. The van der Waals surface area contributed by atoms with Crippen LogP contribution in [-0.4, -0.2) is 45.6 Å². The predicted octanol–water partition coefficient (Wildman–Crippen LogP) is 5.10. The molecule has 0 saturated carbocycles. The Morgan fingerprint density at radius 3 is 2.29 bits per heavy atom. The molecule has 1 saturated heterocycles. The summed E-state index contributed by atoms with van der Waals surface area (Å²) in [7, 11) is 0. The molecule has 1 aromatic heterocycles. The first kappa shape index (κ1) is 22.9. The number of para-hydroxylation sites is 3. The van der Waals surface area contributed by atoms with Gasteiger partial charge in [0.1, 0.15) is 0 Å². The van der Waals surface area contributed by atoms with Crippen LogP contribution in [0.2, 0.25) is 0 Å². The number of piperidine rings is 1. The zero-order chi connectivity index (χ0) is 24.2. The molecule has 35 heavy (non-hydrogen) atoms. The average molecular weight is 472 g/mol. The number of nitrogens with one attached hydrogen (secondary N) is 1. The van der Waals surface area contributed by atoms with Gasteiger partial charge in [0.2, 0.25) is 0 Å². The Morgan fingerprint density at radius 2 is 1.57 bits per heavy atom. The smallest absolute Gasteiger partial charge is 0.326 e. The molecule has 0 spiro atoms. The summed E-state index contributed by atoms with van der Waals surface area (Å²) in [4.78, 5) is 30.9. The van der Waals surface area contributed by atoms with Crippen LogP contribution in [0.25, 0.3) is 11.0 Å². The number of non-ortho nitro benzene ring substituents is 1. The third kappa shape index (κ3) is 4.97. The van der Waals surface area contributed by atoms with E-state index in [1.54, 1.807) is 12.1 Å². The largest absolute Gasteiger partial charge is 0.341 e. The second-order valence-corrected chi connectivity index (χ2v) is 9.00. The van der Waals surface area contributed by atoms with Gasteiger partial charge in [0.05, 0.1) is 16.0 Å². The highest BCUT2D eigenvalue weighted by Crippen LogP contribution is 2.28. The van der Waals surface area contributed by atoms with Gasteiger partial charge in [0.25, 0.3) is 5.69 Å². The molecule has 0 unspecified atom stereocenters. The van der Waals surface area contributed by atoms with Gasteiger partial charge < -0.3 is 14.8 Å². The maximum absolute atomic E-state index is 12.5. The molecule has 8 nitrogen and oxygen atoms in total. The number of benzene rings is 3. The number of imidazole rings is 1. The van der Waals surface area contributed by atoms with Crippen LogP contribution in [-0.2, 0) is 0 Å². The number of H-pyrrole nitrogens is 1. The zero-order valence-corrected chi connectivity index (χ0v) is 19.5. The second kappa shape index (κ2) is 10.1. The van der Waals surface area contributed by atoms with E-state index < -0.39 is 0 Å². The first-order valence-electron chi connectivity index (χ1n) is 12.1. The van der Waals surface area contributed by atoms with Gasteiger partial charge in [-0.2, -0.15) is 0 Å². The molecule has 1 aliphatic heterocycles. The van der Waals surface area contributed by atoms with E-state index in [0.29, 0.717) is 0 Å². The predicted molar refractivity (Wildman–Crippen MR) is 138 cm³/mol. The molecule has 1 aliphatic rings. The Hall–Kier alpha value is -3.91. The van der Waals surface area contributed by atoms with Crippen molar-refractivity contribution in [2.24, 2.45) is 0 Å². The van der Waals surface area contributed by atoms with E-state index in [2.05, 4.69) is 26.9 Å². The minimum atomic E-state index is -0.370. The maximum Gasteiger partial charge on any atom is 0.326 e. The van der Waals surface area contributed by atoms with Crippen molar-refractivity contribution < 1.29 is 4.92 Å². The first-order chi connectivity index (χ1) is 17.1. The van der Waals surface area contributed by atoms with Crippen LogP contribution in [0, 0.1) is 10.1 Å². The lowest BCUT2D eigenvalue weighted by Gasteiger charge is -2.33. The van der Waals surface area contributed by atoms with Gasteiger partial charge in [-0.1, -0.05) is 30.3 Å². The van der Waals surface area contributed by atoms with Crippen molar-refractivity contribution in [3.8, 4) is 0 Å². The number of likely N-dealkylation sites (tertiary alicyclic amines) is 1. The standard InChI is InChI=1S/C27H29N5O3/c33-27-28-25-9-4-5-10-26(25)31(27)23-15-19-29(20-16-23)17-6-18-30(21-7-2-1-3-8-21)22-11-13-24(14-12-22)32(34)35/h1-5,7-14,23H,6,15-20H2,(H,28,33). The normalized spacial score (nSPS) is 14.9. The number of anilines is 2. The van der Waals surface area contributed by atoms with Crippen LogP contribution in [0.15, 0.2) is 83.7 Å². The lowest BCUT2D eigenvalue weighted by Crippen LogP contribution is -2.38. The van der Waals surface area contributed by atoms with E-state index in [1.165, 1.54) is 0 Å². The molecule has 5 rings (SSSR count). The van der Waals surface area contributed by atoms with Crippen LogP contribution < -0.4 is 10.6 Å². The van der Waals surface area contributed by atoms with Crippen molar-refractivity contribution in [1.82, 2.24) is 14.5 Å². The van der Waals surface area contributed by atoms with E-state index in [4.69, 9.17) is 0 Å². The number of nitrogens with zero attached hydrogens (tertiary/aromatic N) is 4. The molecular weight excluding hydrogens is 442 g/mol. The minimum Gasteiger partial charge on any atom is -0.341 e. The van der Waals surface area contributed by atoms with Gasteiger partial charge in [-0.05, 0) is 62.2 Å². The van der Waals surface area contributed by atoms with Gasteiger partial charge in [-0.15, -0.1) is 0 Å². The van der Waals surface area contributed by atoms with Crippen molar-refractivity contribution in [3.63, 3.8) is 0 Å². The molecule has 3 aromatic carbocycles. The van der Waals surface area contributed by atoms with E-state index in [9.17, 15) is 14.9 Å². The van der Waals surface area contributed by atoms with Gasteiger partial charge in [0.15, 0.2) is 0 Å². The molecule has 0 atom stereocenters. The summed E-state index contributed by atoms with van der Waals surface area (Å²) >= 11 is 0. The molecule has 2 heterocycles. The fraction of sp³-hybridized carbons (Fsp3) is 0.296. The molecule has 4 aromatic rings. The number of aromatic nitrogens is 2. The maximum atomic E-state index is 12.5. The summed E-state index contributed by atoms with van der Waals surface area (Å²) < 4.78 is 1.93. The van der Waals surface area contributed by atoms with Crippen molar-refractivity contribution in [2.75, 3.05) is 31.1 Å². The first-order valence-corrected chi connectivity index (χ1v) is 12.1. The minimum absolute atomic E-state index is 0.0220. The third-order valence-corrected chi connectivity index (χ3v) is 6.84. The fourth-order valence-electron chi connectivity index (χ4n) is 5.06. The van der Waals surface area contributed by atoms with Gasteiger partial charge in [0, 0.05) is 49.2 Å². The van der Waals surface area contributed by atoms with Crippen LogP contribution in [0.3, 0.4) is 0 Å². The Morgan fingerprint density at radius 1 is 0.914 bits per heavy atom. The average Bonchev–Trinajstić information content (AvgIpc) is 3.23. The number of hydrogen-bond acceptors (Lipinski definition) is 5. The van der Waals surface area contributed by atoms with Crippen LogP contribution in [0.1, 0.15) is 25.3 Å². The molecule has 1 N–H and O–H groups in total. The summed E-state index contributed by atoms with van der Waals surface area (Å²) in [5.41, 5.74) is 3.97. The van der Waals surface area contributed by atoms with Gasteiger partial charge in [-0.25, -0.2) is 4.79 Å². The van der Waals surface area contributed by atoms with E-state index >= 15 is 0 Å². The quantitative estimate of drug-likeness (QED) is 0.285. The Kier molecular flexibility index (Phi) is 6.63. The van der Waals surface area contributed by atoms with Crippen LogP contribution in [0.4, 0.5) is 17.1 Å². The Bertz CT molecular complexity index is 1340. The summed E-state index contributed by atoms with van der Waals surface area (Å²) in [6.45, 7) is 3.69. The van der Waals surface area contributed by atoms with Crippen molar-refractivity contribution in [1.29, 1.82) is 0 Å². The van der Waals surface area contributed by atoms with Crippen molar-refractivity contribution in [3.05, 3.63) is 99.5 Å². The molecule has 0 aliphatic carbocycles. The van der Waals surface area contributed by atoms with E-state index in [-0.39, 0.29) is 22.3 Å². The molecular formula is C27H29N5O3. The SMILES string of the molecule is O=c1[nH]c2ccccc2n1C1CCN(CCCN(c2ccccc2)c2ccc([N+](=O)[O-])cc2)CC1. The zero-order valence-electron chi connectivity index (χ0n) is 19.5. The molecule has 0 bridgehead atoms. The lowest BCUT2D eigenvalue weighted by atomic mass is 10.0. The molecule has 1 fully saturated rings. The highest BCUT2D eigenvalue weighted by Gasteiger charge is 2.23. The number of nitro benzene ring substituents is 1. The Balaban J connectivity index is 1.21. The van der Waals surface area contributed by atoms with E-state index in [0.717, 1.165) is 67.8 Å². The fourth-order valence-corrected chi connectivity index (χ4v) is 5.06. The summed E-state index contributed by atoms with van der Waals surface area (Å²) in [6, 6.07) is 25.0. The molecule has 180 valence electrons. The molecule has 0 amide bonds. The number of nitro groups is 1. The third-order valence-electron chi connectivity index (χ3n) is 6.84. The van der Waals surface area contributed by atoms with Crippen LogP contribution in [0.5, 0.6) is 0 Å². The highest BCUT2D eigenvalue weighted by atomic mass is 16.6. The number of aromatic amines is 1.